The standard InChI is InChI=1S/C13H22N2O3S2/c1-10(9-19-3)15(2)20(16,17)13-7-6-12(18-13)8-14-11-4-5-11/h6-7,10-11,14H,4-5,8-9H2,1-3H3. The van der Waals surface area contributed by atoms with Gasteiger partial charge in [-0.3, -0.25) is 0 Å². The van der Waals surface area contributed by atoms with Gasteiger partial charge in [-0.1, -0.05) is 0 Å². The van der Waals surface area contributed by atoms with Gasteiger partial charge in [-0.05, 0) is 38.2 Å². The van der Waals surface area contributed by atoms with E-state index in [0.29, 0.717) is 18.3 Å². The first-order valence-electron chi connectivity index (χ1n) is 6.74. The number of furan rings is 1. The summed E-state index contributed by atoms with van der Waals surface area (Å²) in [6.45, 7) is 2.48. The fourth-order valence-corrected chi connectivity index (χ4v) is 3.93. The van der Waals surface area contributed by atoms with E-state index in [0.717, 1.165) is 5.75 Å². The van der Waals surface area contributed by atoms with E-state index in [9.17, 15) is 8.42 Å². The van der Waals surface area contributed by atoms with Crippen LogP contribution in [0.2, 0.25) is 0 Å². The molecule has 1 aromatic heterocycles. The zero-order valence-corrected chi connectivity index (χ0v) is 13.8. The van der Waals surface area contributed by atoms with E-state index in [1.54, 1.807) is 30.9 Å². The molecule has 5 nitrogen and oxygen atoms in total. The minimum atomic E-state index is -3.54. The third kappa shape index (κ3) is 3.78. The first-order valence-corrected chi connectivity index (χ1v) is 9.57. The maximum Gasteiger partial charge on any atom is 0.276 e. The fraction of sp³-hybridized carbons (Fsp3) is 0.692. The Labute approximate surface area is 125 Å². The highest BCUT2D eigenvalue weighted by Gasteiger charge is 2.28. The summed E-state index contributed by atoms with van der Waals surface area (Å²) in [4.78, 5) is 0. The number of rotatable bonds is 8. The summed E-state index contributed by atoms with van der Waals surface area (Å²) in [6.07, 6.45) is 4.35. The lowest BCUT2D eigenvalue weighted by molar-refractivity contribution is 0.363. The van der Waals surface area contributed by atoms with Crippen LogP contribution in [-0.2, 0) is 16.6 Å². The number of nitrogens with zero attached hydrogens (tertiary/aromatic N) is 1. The normalized spacial score (nSPS) is 17.6. The second kappa shape index (κ2) is 6.51. The Hall–Kier alpha value is -0.500. The minimum absolute atomic E-state index is 0.0283. The van der Waals surface area contributed by atoms with Crippen LogP contribution in [0.25, 0.3) is 0 Å². The Morgan fingerprint density at radius 2 is 2.20 bits per heavy atom. The van der Waals surface area contributed by atoms with Gasteiger partial charge in [0.2, 0.25) is 5.09 Å². The minimum Gasteiger partial charge on any atom is -0.447 e. The maximum absolute atomic E-state index is 12.4. The smallest absolute Gasteiger partial charge is 0.276 e. The van der Waals surface area contributed by atoms with Crippen LogP contribution in [-0.4, -0.2) is 43.9 Å². The average Bonchev–Trinajstić information content (AvgIpc) is 3.11. The molecule has 1 atom stereocenters. The van der Waals surface area contributed by atoms with Gasteiger partial charge in [0.1, 0.15) is 5.76 Å². The molecular formula is C13H22N2O3S2. The first-order chi connectivity index (χ1) is 9.45. The van der Waals surface area contributed by atoms with E-state index in [1.807, 2.05) is 13.2 Å². The largest absolute Gasteiger partial charge is 0.447 e. The number of sulfonamides is 1. The zero-order valence-electron chi connectivity index (χ0n) is 12.1. The van der Waals surface area contributed by atoms with Crippen molar-refractivity contribution < 1.29 is 12.8 Å². The van der Waals surface area contributed by atoms with Crippen LogP contribution in [0.3, 0.4) is 0 Å². The van der Waals surface area contributed by atoms with E-state index in [1.165, 1.54) is 17.1 Å². The van der Waals surface area contributed by atoms with Gasteiger partial charge in [-0.2, -0.15) is 16.1 Å². The van der Waals surface area contributed by atoms with Crippen molar-refractivity contribution in [1.82, 2.24) is 9.62 Å². The van der Waals surface area contributed by atoms with E-state index >= 15 is 0 Å². The lowest BCUT2D eigenvalue weighted by atomic mass is 10.4. The molecule has 20 heavy (non-hydrogen) atoms. The molecule has 0 aliphatic heterocycles. The van der Waals surface area contributed by atoms with Gasteiger partial charge >= 0.3 is 0 Å². The molecule has 2 rings (SSSR count). The summed E-state index contributed by atoms with van der Waals surface area (Å²) in [6, 6.07) is 3.79. The lowest BCUT2D eigenvalue weighted by Crippen LogP contribution is -2.36. The molecule has 0 spiro atoms. The van der Waals surface area contributed by atoms with Gasteiger partial charge in [0, 0.05) is 24.9 Å². The van der Waals surface area contributed by atoms with Crippen molar-refractivity contribution in [2.45, 2.75) is 43.5 Å². The number of nitrogens with one attached hydrogen (secondary N) is 1. The topological polar surface area (TPSA) is 62.6 Å². The van der Waals surface area contributed by atoms with Crippen molar-refractivity contribution >= 4 is 21.8 Å². The van der Waals surface area contributed by atoms with E-state index in [-0.39, 0.29) is 11.1 Å². The molecule has 7 heteroatoms. The molecule has 1 saturated carbocycles. The average molecular weight is 318 g/mol. The lowest BCUT2D eigenvalue weighted by Gasteiger charge is -2.22. The Bertz CT molecular complexity index is 538. The Balaban J connectivity index is 2.04. The molecule has 1 aliphatic carbocycles. The Morgan fingerprint density at radius 1 is 1.50 bits per heavy atom. The highest BCUT2D eigenvalue weighted by atomic mass is 32.2. The van der Waals surface area contributed by atoms with Crippen LogP contribution in [0.1, 0.15) is 25.5 Å². The number of thioether (sulfide) groups is 1. The molecule has 1 aromatic rings. The van der Waals surface area contributed by atoms with Crippen LogP contribution in [0.15, 0.2) is 21.6 Å². The van der Waals surface area contributed by atoms with Crippen LogP contribution in [0, 0.1) is 0 Å². The van der Waals surface area contributed by atoms with Gasteiger partial charge in [-0.25, -0.2) is 8.42 Å². The zero-order chi connectivity index (χ0) is 14.8. The summed E-state index contributed by atoms with van der Waals surface area (Å²) in [5.41, 5.74) is 0. The van der Waals surface area contributed by atoms with Gasteiger partial charge in [0.05, 0.1) is 6.54 Å². The summed E-state index contributed by atoms with van der Waals surface area (Å²) >= 11 is 1.63. The predicted octanol–water partition coefficient (Wildman–Crippen LogP) is 1.90. The van der Waals surface area contributed by atoms with Crippen molar-refractivity contribution in [1.29, 1.82) is 0 Å². The Kier molecular flexibility index (Phi) is 5.17. The summed E-state index contributed by atoms with van der Waals surface area (Å²) in [5, 5.41) is 3.33. The van der Waals surface area contributed by atoms with Crippen molar-refractivity contribution in [2.75, 3.05) is 19.1 Å². The number of hydrogen-bond donors (Lipinski definition) is 1. The van der Waals surface area contributed by atoms with Gasteiger partial charge < -0.3 is 9.73 Å². The summed E-state index contributed by atoms with van der Waals surface area (Å²) < 4.78 is 31.7. The second-order valence-electron chi connectivity index (χ2n) is 5.20. The molecule has 1 unspecified atom stereocenters. The Morgan fingerprint density at radius 3 is 2.80 bits per heavy atom. The van der Waals surface area contributed by atoms with Gasteiger partial charge in [-0.15, -0.1) is 0 Å². The van der Waals surface area contributed by atoms with Crippen LogP contribution < -0.4 is 5.32 Å². The summed E-state index contributed by atoms with van der Waals surface area (Å²) in [7, 11) is -1.94. The van der Waals surface area contributed by atoms with Crippen LogP contribution in [0.5, 0.6) is 0 Å². The molecule has 1 N–H and O–H groups in total. The molecule has 0 saturated heterocycles. The van der Waals surface area contributed by atoms with Crippen molar-refractivity contribution in [3.05, 3.63) is 17.9 Å². The van der Waals surface area contributed by atoms with E-state index < -0.39 is 10.0 Å². The third-order valence-corrected chi connectivity index (χ3v) is 6.10. The maximum atomic E-state index is 12.4. The second-order valence-corrected chi connectivity index (χ2v) is 8.04. The van der Waals surface area contributed by atoms with Crippen LogP contribution >= 0.6 is 11.8 Å². The third-order valence-electron chi connectivity index (χ3n) is 3.44. The fourth-order valence-electron chi connectivity index (χ4n) is 1.85. The SMILES string of the molecule is CSCC(C)N(C)S(=O)(=O)c1ccc(CNC2CC2)o1. The number of hydrogen-bond acceptors (Lipinski definition) is 5. The van der Waals surface area contributed by atoms with Crippen molar-refractivity contribution in [3.8, 4) is 0 Å². The predicted molar refractivity (Wildman–Crippen MR) is 81.4 cm³/mol. The molecule has 0 amide bonds. The summed E-state index contributed by atoms with van der Waals surface area (Å²) in [5.74, 6) is 1.42. The highest BCUT2D eigenvalue weighted by molar-refractivity contribution is 7.98. The first kappa shape index (κ1) is 15.9. The van der Waals surface area contributed by atoms with Crippen molar-refractivity contribution in [3.63, 3.8) is 0 Å². The highest BCUT2D eigenvalue weighted by Crippen LogP contribution is 2.22. The van der Waals surface area contributed by atoms with Crippen LogP contribution in [0.4, 0.5) is 0 Å². The molecule has 1 fully saturated rings. The van der Waals surface area contributed by atoms with Crippen molar-refractivity contribution in [2.24, 2.45) is 0 Å². The molecule has 0 aromatic carbocycles. The van der Waals surface area contributed by atoms with E-state index in [2.05, 4.69) is 5.32 Å². The molecular weight excluding hydrogens is 296 g/mol. The molecule has 1 aliphatic rings. The monoisotopic (exact) mass is 318 g/mol. The van der Waals surface area contributed by atoms with Gasteiger partial charge in [0.15, 0.2) is 0 Å². The molecule has 0 radical (unpaired) electrons. The van der Waals surface area contributed by atoms with E-state index in [4.69, 9.17) is 4.42 Å². The molecule has 114 valence electrons. The quantitative estimate of drug-likeness (QED) is 0.793. The molecule has 0 bridgehead atoms. The molecule has 1 heterocycles. The van der Waals surface area contributed by atoms with Gasteiger partial charge in [0.25, 0.3) is 10.0 Å².